The van der Waals surface area contributed by atoms with E-state index >= 15 is 0 Å². The summed E-state index contributed by atoms with van der Waals surface area (Å²) in [5.41, 5.74) is 0.458. The third-order valence-corrected chi connectivity index (χ3v) is 3.43. The predicted octanol–water partition coefficient (Wildman–Crippen LogP) is 2.69. The molecule has 0 aromatic heterocycles. The molecule has 0 unspecified atom stereocenters. The van der Waals surface area contributed by atoms with Gasteiger partial charge in [-0.3, -0.25) is 9.59 Å². The van der Waals surface area contributed by atoms with E-state index in [1.165, 1.54) is 7.11 Å². The number of ether oxygens (including phenoxy) is 2. The van der Waals surface area contributed by atoms with Crippen molar-refractivity contribution in [3.05, 3.63) is 52.8 Å². The molecule has 3 rings (SSSR count). The monoisotopic (exact) mass is 270 g/mol. The molecule has 4 nitrogen and oxygen atoms in total. The van der Waals surface area contributed by atoms with Crippen LogP contribution in [0.15, 0.2) is 41.7 Å². The number of ketones is 2. The first-order valence-electron chi connectivity index (χ1n) is 6.33. The third kappa shape index (κ3) is 1.76. The maximum Gasteiger partial charge on any atom is 0.229 e. The summed E-state index contributed by atoms with van der Waals surface area (Å²) in [5, 5.41) is 0. The third-order valence-electron chi connectivity index (χ3n) is 3.43. The molecule has 1 heterocycles. The van der Waals surface area contributed by atoms with Crippen LogP contribution < -0.4 is 4.74 Å². The predicted molar refractivity (Wildman–Crippen MR) is 73.0 cm³/mol. The molecule has 4 heteroatoms. The molecular formula is C16H14O4. The Hall–Kier alpha value is -2.36. The van der Waals surface area contributed by atoms with Crippen LogP contribution in [0.3, 0.4) is 0 Å². The van der Waals surface area contributed by atoms with E-state index in [-0.39, 0.29) is 17.3 Å². The standard InChI is InChI=1S/C16H14O4/c1-16(2)7-6-11-13(17)10-5-4-9(19-3)8-12(10)14(18)15(11)20-16/h4-8H,1-3H3. The molecule has 1 aromatic carbocycles. The first-order chi connectivity index (χ1) is 9.43. The fourth-order valence-corrected chi connectivity index (χ4v) is 2.36. The molecule has 0 N–H and O–H groups in total. The largest absolute Gasteiger partial charge is 0.497 e. The van der Waals surface area contributed by atoms with Crippen LogP contribution in [0.2, 0.25) is 0 Å². The van der Waals surface area contributed by atoms with Crippen LogP contribution in [-0.2, 0) is 4.74 Å². The first-order valence-corrected chi connectivity index (χ1v) is 6.33. The number of carbonyl (C=O) groups is 2. The van der Waals surface area contributed by atoms with Crippen molar-refractivity contribution in [2.24, 2.45) is 0 Å². The van der Waals surface area contributed by atoms with E-state index in [1.54, 1.807) is 30.4 Å². The number of benzene rings is 1. The summed E-state index contributed by atoms with van der Waals surface area (Å²) >= 11 is 0. The van der Waals surface area contributed by atoms with Crippen molar-refractivity contribution in [3.63, 3.8) is 0 Å². The number of methoxy groups -OCH3 is 1. The van der Waals surface area contributed by atoms with Crippen LogP contribution in [0.25, 0.3) is 0 Å². The normalized spacial score (nSPS) is 19.4. The Balaban J connectivity index is 2.16. The molecule has 0 bridgehead atoms. The maximum absolute atomic E-state index is 12.5. The molecule has 2 aliphatic rings. The van der Waals surface area contributed by atoms with E-state index in [1.807, 2.05) is 13.8 Å². The van der Waals surface area contributed by atoms with Gasteiger partial charge in [0.05, 0.1) is 12.7 Å². The van der Waals surface area contributed by atoms with Crippen LogP contribution >= 0.6 is 0 Å². The molecule has 1 aliphatic carbocycles. The highest BCUT2D eigenvalue weighted by Crippen LogP contribution is 2.35. The van der Waals surface area contributed by atoms with Crippen LogP contribution in [0.5, 0.6) is 5.75 Å². The lowest BCUT2D eigenvalue weighted by molar-refractivity contribution is 0.0544. The zero-order chi connectivity index (χ0) is 14.5. The molecule has 0 amide bonds. The molecule has 0 atom stereocenters. The summed E-state index contributed by atoms with van der Waals surface area (Å²) in [5.74, 6) is 0.206. The number of rotatable bonds is 1. The molecule has 0 spiro atoms. The molecule has 0 saturated heterocycles. The van der Waals surface area contributed by atoms with Gasteiger partial charge in [-0.05, 0) is 44.2 Å². The van der Waals surface area contributed by atoms with Gasteiger partial charge in [-0.15, -0.1) is 0 Å². The molecule has 0 saturated carbocycles. The van der Waals surface area contributed by atoms with Crippen molar-refractivity contribution < 1.29 is 19.1 Å². The lowest BCUT2D eigenvalue weighted by Gasteiger charge is -2.31. The molecule has 0 radical (unpaired) electrons. The fourth-order valence-electron chi connectivity index (χ4n) is 2.36. The van der Waals surface area contributed by atoms with E-state index in [0.29, 0.717) is 22.4 Å². The first kappa shape index (κ1) is 12.7. The van der Waals surface area contributed by atoms with Crippen molar-refractivity contribution in [2.75, 3.05) is 7.11 Å². The second-order valence-electron chi connectivity index (χ2n) is 5.35. The number of fused-ring (bicyclic) bond motifs is 1. The second-order valence-corrected chi connectivity index (χ2v) is 5.35. The highest BCUT2D eigenvalue weighted by Gasteiger charge is 2.37. The summed E-state index contributed by atoms with van der Waals surface area (Å²) in [6, 6.07) is 4.87. The minimum absolute atomic E-state index is 0.128. The Labute approximate surface area is 116 Å². The van der Waals surface area contributed by atoms with Crippen molar-refractivity contribution in [1.82, 2.24) is 0 Å². The van der Waals surface area contributed by atoms with Crippen LogP contribution in [-0.4, -0.2) is 24.3 Å². The van der Waals surface area contributed by atoms with Crippen LogP contribution in [0, 0.1) is 0 Å². The SMILES string of the molecule is COc1ccc2c(c1)C(=O)C1=C(C=CC(C)(C)O1)C2=O. The van der Waals surface area contributed by atoms with Gasteiger partial charge in [-0.2, -0.15) is 0 Å². The van der Waals surface area contributed by atoms with Crippen LogP contribution in [0.1, 0.15) is 34.6 Å². The minimum Gasteiger partial charge on any atom is -0.497 e. The zero-order valence-electron chi connectivity index (χ0n) is 11.5. The minimum atomic E-state index is -0.592. The second kappa shape index (κ2) is 4.07. The van der Waals surface area contributed by atoms with Gasteiger partial charge in [0.2, 0.25) is 5.78 Å². The van der Waals surface area contributed by atoms with Gasteiger partial charge in [0.1, 0.15) is 11.4 Å². The highest BCUT2D eigenvalue weighted by atomic mass is 16.5. The van der Waals surface area contributed by atoms with E-state index in [0.717, 1.165) is 0 Å². The molecule has 102 valence electrons. The van der Waals surface area contributed by atoms with Crippen molar-refractivity contribution in [1.29, 1.82) is 0 Å². The Kier molecular flexibility index (Phi) is 2.57. The summed E-state index contributed by atoms with van der Waals surface area (Å²) < 4.78 is 10.8. The van der Waals surface area contributed by atoms with Crippen molar-refractivity contribution in [2.45, 2.75) is 19.4 Å². The van der Waals surface area contributed by atoms with Gasteiger partial charge in [0.15, 0.2) is 11.5 Å². The lowest BCUT2D eigenvalue weighted by Crippen LogP contribution is -2.32. The average molecular weight is 270 g/mol. The van der Waals surface area contributed by atoms with E-state index in [9.17, 15) is 9.59 Å². The Bertz CT molecular complexity index is 692. The van der Waals surface area contributed by atoms with Gasteiger partial charge < -0.3 is 9.47 Å². The summed E-state index contributed by atoms with van der Waals surface area (Å²) in [4.78, 5) is 25.0. The zero-order valence-corrected chi connectivity index (χ0v) is 11.5. The van der Waals surface area contributed by atoms with Crippen molar-refractivity contribution in [3.8, 4) is 5.75 Å². The number of hydrogen-bond donors (Lipinski definition) is 0. The van der Waals surface area contributed by atoms with Gasteiger partial charge in [0.25, 0.3) is 0 Å². The lowest BCUT2D eigenvalue weighted by atomic mass is 9.85. The van der Waals surface area contributed by atoms with E-state index in [4.69, 9.17) is 9.47 Å². The van der Waals surface area contributed by atoms with Crippen molar-refractivity contribution >= 4 is 11.6 Å². The van der Waals surface area contributed by atoms with Gasteiger partial charge >= 0.3 is 0 Å². The number of carbonyl (C=O) groups excluding carboxylic acids is 2. The summed E-state index contributed by atoms with van der Waals surface area (Å²) in [6.07, 6.45) is 3.46. The highest BCUT2D eigenvalue weighted by molar-refractivity contribution is 6.27. The van der Waals surface area contributed by atoms with Gasteiger partial charge in [-0.1, -0.05) is 0 Å². The molecular weight excluding hydrogens is 256 g/mol. The Morgan fingerprint density at radius 3 is 2.55 bits per heavy atom. The van der Waals surface area contributed by atoms with Crippen LogP contribution in [0.4, 0.5) is 0 Å². The quantitative estimate of drug-likeness (QED) is 0.787. The Morgan fingerprint density at radius 2 is 1.85 bits per heavy atom. The van der Waals surface area contributed by atoms with Gasteiger partial charge in [-0.25, -0.2) is 0 Å². The number of allylic oxidation sites excluding steroid dienone is 3. The smallest absolute Gasteiger partial charge is 0.229 e. The summed E-state index contributed by atoms with van der Waals surface area (Å²) in [7, 11) is 1.52. The summed E-state index contributed by atoms with van der Waals surface area (Å²) in [6.45, 7) is 3.68. The molecule has 1 aliphatic heterocycles. The number of hydrogen-bond acceptors (Lipinski definition) is 4. The maximum atomic E-state index is 12.5. The topological polar surface area (TPSA) is 52.6 Å². The molecule has 1 aromatic rings. The van der Waals surface area contributed by atoms with E-state index in [2.05, 4.69) is 0 Å². The van der Waals surface area contributed by atoms with Gasteiger partial charge in [0, 0.05) is 11.1 Å². The average Bonchev–Trinajstić information content (AvgIpc) is 2.43. The molecule has 20 heavy (non-hydrogen) atoms. The number of Topliss-reactive ketones (excluding diaryl/α,β-unsaturated/α-hetero) is 2. The van der Waals surface area contributed by atoms with E-state index < -0.39 is 5.60 Å². The Morgan fingerprint density at radius 1 is 1.10 bits per heavy atom. The fraction of sp³-hybridized carbons (Fsp3) is 0.250. The molecule has 0 fully saturated rings.